The summed E-state index contributed by atoms with van der Waals surface area (Å²) in [6.45, 7) is 6.02. The molecule has 0 amide bonds. The molecule has 3 N–H and O–H groups in total. The van der Waals surface area contributed by atoms with Crippen molar-refractivity contribution >= 4 is 11.6 Å². The summed E-state index contributed by atoms with van der Waals surface area (Å²) in [5.74, 6) is 0.409. The van der Waals surface area contributed by atoms with Gasteiger partial charge >= 0.3 is 0 Å². The Kier molecular flexibility index (Phi) is 4.20. The Bertz CT molecular complexity index is 654. The predicted octanol–water partition coefficient (Wildman–Crippen LogP) is 1.97. The topological polar surface area (TPSA) is 78.0 Å². The van der Waals surface area contributed by atoms with Crippen LogP contribution in [0.1, 0.15) is 22.3 Å². The number of aryl methyl sites for hydroxylation is 3. The zero-order chi connectivity index (χ0) is 14.7. The molecule has 0 saturated carbocycles. The van der Waals surface area contributed by atoms with Crippen LogP contribution >= 0.6 is 0 Å². The summed E-state index contributed by atoms with van der Waals surface area (Å²) in [7, 11) is 0. The summed E-state index contributed by atoms with van der Waals surface area (Å²) in [5, 5.41) is 12.0. The molecule has 1 aromatic carbocycles. The third-order valence-corrected chi connectivity index (χ3v) is 3.17. The maximum atomic E-state index is 11.8. The summed E-state index contributed by atoms with van der Waals surface area (Å²) < 4.78 is 0. The lowest BCUT2D eigenvalue weighted by Gasteiger charge is -2.13. The molecule has 2 rings (SSSR count). The number of aromatic nitrogens is 2. The Hall–Kier alpha value is -2.14. The minimum Gasteiger partial charge on any atom is -0.396 e. The zero-order valence-corrected chi connectivity index (χ0v) is 11.9. The normalized spacial score (nSPS) is 10.6. The number of anilines is 2. The van der Waals surface area contributed by atoms with Gasteiger partial charge in [-0.2, -0.15) is 0 Å². The van der Waals surface area contributed by atoms with Gasteiger partial charge in [0, 0.05) is 30.5 Å². The van der Waals surface area contributed by atoms with Gasteiger partial charge in [-0.3, -0.25) is 9.78 Å². The molecule has 1 heterocycles. The quantitative estimate of drug-likeness (QED) is 0.796. The van der Waals surface area contributed by atoms with E-state index in [9.17, 15) is 4.79 Å². The third kappa shape index (κ3) is 3.05. The fraction of sp³-hybridized carbons (Fsp3) is 0.333. The van der Waals surface area contributed by atoms with Crippen molar-refractivity contribution in [1.82, 2.24) is 9.97 Å². The molecule has 0 aliphatic carbocycles. The summed E-state index contributed by atoms with van der Waals surface area (Å²) >= 11 is 0. The number of aromatic amines is 1. The summed E-state index contributed by atoms with van der Waals surface area (Å²) in [5.41, 5.74) is 4.61. The second-order valence-corrected chi connectivity index (χ2v) is 4.96. The number of benzene rings is 1. The van der Waals surface area contributed by atoms with E-state index in [0.29, 0.717) is 17.9 Å². The van der Waals surface area contributed by atoms with Crippen molar-refractivity contribution in [3.8, 4) is 0 Å². The highest BCUT2D eigenvalue weighted by Gasteiger charge is 2.07. The molecule has 0 spiro atoms. The van der Waals surface area contributed by atoms with Crippen LogP contribution in [0.4, 0.5) is 11.6 Å². The van der Waals surface area contributed by atoms with Gasteiger partial charge in [-0.15, -0.1) is 0 Å². The summed E-state index contributed by atoms with van der Waals surface area (Å²) in [4.78, 5) is 18.7. The number of hydrogen-bond donors (Lipinski definition) is 3. The summed E-state index contributed by atoms with van der Waals surface area (Å²) in [6.07, 6.45) is 1.81. The van der Waals surface area contributed by atoms with Crippen LogP contribution in [-0.4, -0.2) is 21.7 Å². The minimum atomic E-state index is -0.223. The Morgan fingerprint density at radius 3 is 2.45 bits per heavy atom. The third-order valence-electron chi connectivity index (χ3n) is 3.17. The molecule has 1 aromatic heterocycles. The fourth-order valence-corrected chi connectivity index (χ4v) is 2.28. The van der Waals surface area contributed by atoms with Crippen molar-refractivity contribution in [1.29, 1.82) is 0 Å². The van der Waals surface area contributed by atoms with E-state index >= 15 is 0 Å². The van der Waals surface area contributed by atoms with E-state index in [1.807, 2.05) is 20.8 Å². The molecule has 2 aromatic rings. The van der Waals surface area contributed by atoms with Gasteiger partial charge in [-0.1, -0.05) is 17.7 Å². The molecule has 106 valence electrons. The first-order chi connectivity index (χ1) is 9.51. The number of H-pyrrole nitrogens is 1. The molecule has 5 nitrogen and oxygen atoms in total. The van der Waals surface area contributed by atoms with Gasteiger partial charge in [-0.05, 0) is 31.9 Å². The minimum absolute atomic E-state index is 0.0618. The lowest BCUT2D eigenvalue weighted by atomic mass is 10.1. The maximum absolute atomic E-state index is 11.8. The first kappa shape index (κ1) is 14.3. The number of aliphatic hydroxyl groups excluding tert-OH is 1. The van der Waals surface area contributed by atoms with E-state index in [2.05, 4.69) is 27.4 Å². The Balaban J connectivity index is 2.31. The number of aliphatic hydroxyl groups is 1. The lowest BCUT2D eigenvalue weighted by molar-refractivity contribution is 0.299. The average Bonchev–Trinajstić information content (AvgIpc) is 2.37. The van der Waals surface area contributed by atoms with Gasteiger partial charge in [0.05, 0.1) is 0 Å². The van der Waals surface area contributed by atoms with Gasteiger partial charge in [0.15, 0.2) is 0 Å². The van der Waals surface area contributed by atoms with Crippen LogP contribution in [0.3, 0.4) is 0 Å². The van der Waals surface area contributed by atoms with Crippen molar-refractivity contribution in [2.24, 2.45) is 0 Å². The number of nitrogens with one attached hydrogen (secondary N) is 2. The number of rotatable bonds is 4. The molecular weight excluding hydrogens is 254 g/mol. The lowest BCUT2D eigenvalue weighted by Crippen LogP contribution is -2.16. The monoisotopic (exact) mass is 273 g/mol. The molecule has 0 saturated heterocycles. The largest absolute Gasteiger partial charge is 0.396 e. The maximum Gasteiger partial charge on any atom is 0.255 e. The van der Waals surface area contributed by atoms with Gasteiger partial charge in [0.2, 0.25) is 5.95 Å². The SMILES string of the molecule is Cc1cc(C)c(Nc2ncc(CCO)c(=O)[nH]2)c(C)c1. The van der Waals surface area contributed by atoms with Crippen LogP contribution in [-0.2, 0) is 6.42 Å². The van der Waals surface area contributed by atoms with Gasteiger partial charge in [0.1, 0.15) is 0 Å². The molecule has 0 bridgehead atoms. The summed E-state index contributed by atoms with van der Waals surface area (Å²) in [6, 6.07) is 4.15. The van der Waals surface area contributed by atoms with E-state index in [4.69, 9.17) is 5.11 Å². The zero-order valence-electron chi connectivity index (χ0n) is 11.9. The van der Waals surface area contributed by atoms with Crippen LogP contribution < -0.4 is 10.9 Å². The van der Waals surface area contributed by atoms with Crippen LogP contribution in [0.2, 0.25) is 0 Å². The molecule has 0 radical (unpaired) electrons. The average molecular weight is 273 g/mol. The molecule has 20 heavy (non-hydrogen) atoms. The van der Waals surface area contributed by atoms with E-state index in [-0.39, 0.29) is 12.2 Å². The smallest absolute Gasteiger partial charge is 0.255 e. The molecule has 0 fully saturated rings. The van der Waals surface area contributed by atoms with Crippen LogP contribution in [0.25, 0.3) is 0 Å². The van der Waals surface area contributed by atoms with Crippen LogP contribution in [0.5, 0.6) is 0 Å². The molecule has 0 aliphatic rings. The van der Waals surface area contributed by atoms with Crippen LogP contribution in [0, 0.1) is 20.8 Å². The molecule has 0 aliphatic heterocycles. The van der Waals surface area contributed by atoms with E-state index in [1.54, 1.807) is 0 Å². The van der Waals surface area contributed by atoms with Crippen molar-refractivity contribution in [2.45, 2.75) is 27.2 Å². The Labute approximate surface area is 117 Å². The number of nitrogens with zero attached hydrogens (tertiary/aromatic N) is 1. The van der Waals surface area contributed by atoms with Crippen molar-refractivity contribution in [3.05, 3.63) is 50.9 Å². The molecular formula is C15H19N3O2. The van der Waals surface area contributed by atoms with Gasteiger partial charge in [-0.25, -0.2) is 4.98 Å². The fourth-order valence-electron chi connectivity index (χ4n) is 2.28. The van der Waals surface area contributed by atoms with Crippen LogP contribution in [0.15, 0.2) is 23.1 Å². The van der Waals surface area contributed by atoms with Crippen molar-refractivity contribution in [2.75, 3.05) is 11.9 Å². The van der Waals surface area contributed by atoms with E-state index in [1.165, 1.54) is 11.8 Å². The molecule has 0 atom stereocenters. The second-order valence-electron chi connectivity index (χ2n) is 4.96. The highest BCUT2D eigenvalue weighted by atomic mass is 16.3. The Morgan fingerprint density at radius 1 is 1.25 bits per heavy atom. The predicted molar refractivity (Wildman–Crippen MR) is 79.6 cm³/mol. The van der Waals surface area contributed by atoms with Gasteiger partial charge < -0.3 is 10.4 Å². The van der Waals surface area contributed by atoms with Crippen molar-refractivity contribution in [3.63, 3.8) is 0 Å². The Morgan fingerprint density at radius 2 is 1.90 bits per heavy atom. The highest BCUT2D eigenvalue weighted by molar-refractivity contribution is 5.63. The highest BCUT2D eigenvalue weighted by Crippen LogP contribution is 2.23. The molecule has 0 unspecified atom stereocenters. The first-order valence-corrected chi connectivity index (χ1v) is 6.55. The first-order valence-electron chi connectivity index (χ1n) is 6.55. The van der Waals surface area contributed by atoms with Gasteiger partial charge in [0.25, 0.3) is 5.56 Å². The standard InChI is InChI=1S/C15H19N3O2/c1-9-6-10(2)13(11(3)7-9)17-15-16-8-12(4-5-19)14(20)18-15/h6-8,19H,4-5H2,1-3H3,(H2,16,17,18,20). The van der Waals surface area contributed by atoms with Crippen molar-refractivity contribution < 1.29 is 5.11 Å². The van der Waals surface area contributed by atoms with E-state index in [0.717, 1.165) is 16.8 Å². The number of hydrogen-bond acceptors (Lipinski definition) is 4. The molecule has 5 heteroatoms. The second kappa shape index (κ2) is 5.88. The van der Waals surface area contributed by atoms with E-state index < -0.39 is 0 Å².